The van der Waals surface area contributed by atoms with Crippen molar-refractivity contribution in [1.29, 1.82) is 0 Å². The molecule has 0 saturated heterocycles. The van der Waals surface area contributed by atoms with E-state index in [1.54, 1.807) is 0 Å². The highest BCUT2D eigenvalue weighted by Crippen LogP contribution is 2.11. The maximum absolute atomic E-state index is 11.3. The molecular formula is C13H25NO3. The molecule has 17 heavy (non-hydrogen) atoms. The average Bonchev–Trinajstić information content (AvgIpc) is 2.23. The van der Waals surface area contributed by atoms with Gasteiger partial charge in [0.15, 0.2) is 6.29 Å². The molecule has 1 N–H and O–H groups in total. The summed E-state index contributed by atoms with van der Waals surface area (Å²) in [5, 5.41) is 2.82. The Morgan fingerprint density at radius 3 is 2.00 bits per heavy atom. The van der Waals surface area contributed by atoms with Gasteiger partial charge in [-0.3, -0.25) is 4.79 Å². The van der Waals surface area contributed by atoms with Crippen molar-refractivity contribution < 1.29 is 14.3 Å². The van der Waals surface area contributed by atoms with Gasteiger partial charge in [-0.2, -0.15) is 0 Å². The molecule has 0 aromatic carbocycles. The second-order valence-electron chi connectivity index (χ2n) is 4.47. The third kappa shape index (κ3) is 7.13. The van der Waals surface area contributed by atoms with Crippen LogP contribution in [0.15, 0.2) is 12.7 Å². The van der Waals surface area contributed by atoms with E-state index in [0.29, 0.717) is 0 Å². The van der Waals surface area contributed by atoms with Crippen LogP contribution in [0.5, 0.6) is 0 Å². The molecule has 0 aliphatic rings. The second-order valence-corrected chi connectivity index (χ2v) is 4.47. The van der Waals surface area contributed by atoms with Crippen LogP contribution in [0.1, 0.15) is 41.0 Å². The monoisotopic (exact) mass is 243 g/mol. The molecule has 1 unspecified atom stereocenters. The fourth-order valence-electron chi connectivity index (χ4n) is 1.36. The first-order chi connectivity index (χ1) is 7.90. The molecule has 0 saturated carbocycles. The van der Waals surface area contributed by atoms with E-state index in [0.717, 1.165) is 6.42 Å². The van der Waals surface area contributed by atoms with Crippen molar-refractivity contribution in [3.8, 4) is 0 Å². The Bertz CT molecular complexity index is 229. The zero-order chi connectivity index (χ0) is 13.4. The lowest BCUT2D eigenvalue weighted by atomic mass is 10.2. The van der Waals surface area contributed by atoms with E-state index in [2.05, 4.69) is 11.9 Å². The van der Waals surface area contributed by atoms with Gasteiger partial charge in [0.1, 0.15) is 0 Å². The molecule has 0 aromatic heterocycles. The van der Waals surface area contributed by atoms with Crippen LogP contribution in [-0.2, 0) is 14.3 Å². The Hall–Kier alpha value is -0.870. The van der Waals surface area contributed by atoms with Gasteiger partial charge in [-0.1, -0.05) is 13.5 Å². The van der Waals surface area contributed by atoms with Crippen molar-refractivity contribution in [1.82, 2.24) is 5.32 Å². The summed E-state index contributed by atoms with van der Waals surface area (Å²) < 4.78 is 11.4. The normalized spacial score (nSPS) is 13.2. The highest BCUT2D eigenvalue weighted by atomic mass is 16.7. The minimum Gasteiger partial charge on any atom is -0.348 e. The van der Waals surface area contributed by atoms with E-state index in [1.807, 2.05) is 34.6 Å². The van der Waals surface area contributed by atoms with Gasteiger partial charge in [0.05, 0.1) is 18.2 Å². The third-order valence-corrected chi connectivity index (χ3v) is 2.09. The molecule has 0 aliphatic carbocycles. The second kappa shape index (κ2) is 8.25. The van der Waals surface area contributed by atoms with Gasteiger partial charge in [0, 0.05) is 0 Å². The minimum absolute atomic E-state index is 0.0495. The predicted molar refractivity (Wildman–Crippen MR) is 68.6 cm³/mol. The first-order valence-electron chi connectivity index (χ1n) is 6.14. The van der Waals surface area contributed by atoms with Crippen molar-refractivity contribution in [3.05, 3.63) is 12.7 Å². The van der Waals surface area contributed by atoms with Gasteiger partial charge < -0.3 is 14.8 Å². The SMILES string of the molecule is C=CC(=O)NC(CC)C(OC(C)C)OC(C)C. The first kappa shape index (κ1) is 16.1. The lowest BCUT2D eigenvalue weighted by molar-refractivity contribution is -0.196. The van der Waals surface area contributed by atoms with Gasteiger partial charge >= 0.3 is 0 Å². The molecule has 0 bridgehead atoms. The highest BCUT2D eigenvalue weighted by molar-refractivity contribution is 5.87. The summed E-state index contributed by atoms with van der Waals surface area (Å²) in [7, 11) is 0. The van der Waals surface area contributed by atoms with Crippen LogP contribution < -0.4 is 5.32 Å². The fraction of sp³-hybridized carbons (Fsp3) is 0.769. The Morgan fingerprint density at radius 2 is 1.71 bits per heavy atom. The van der Waals surface area contributed by atoms with Crippen LogP contribution in [-0.4, -0.2) is 30.4 Å². The third-order valence-electron chi connectivity index (χ3n) is 2.09. The van der Waals surface area contributed by atoms with E-state index in [4.69, 9.17) is 9.47 Å². The number of rotatable bonds is 8. The van der Waals surface area contributed by atoms with E-state index in [9.17, 15) is 4.79 Å². The van der Waals surface area contributed by atoms with Gasteiger partial charge in [-0.05, 0) is 40.2 Å². The summed E-state index contributed by atoms with van der Waals surface area (Å²) in [5.41, 5.74) is 0. The Balaban J connectivity index is 4.58. The first-order valence-corrected chi connectivity index (χ1v) is 6.14. The molecule has 0 spiro atoms. The highest BCUT2D eigenvalue weighted by Gasteiger charge is 2.24. The molecular weight excluding hydrogens is 218 g/mol. The molecule has 4 nitrogen and oxygen atoms in total. The number of hydrogen-bond donors (Lipinski definition) is 1. The van der Waals surface area contributed by atoms with Gasteiger partial charge in [0.25, 0.3) is 0 Å². The molecule has 1 amide bonds. The van der Waals surface area contributed by atoms with Crippen molar-refractivity contribution >= 4 is 5.91 Å². The zero-order valence-corrected chi connectivity index (χ0v) is 11.5. The van der Waals surface area contributed by atoms with Gasteiger partial charge in [-0.15, -0.1) is 0 Å². The molecule has 100 valence electrons. The zero-order valence-electron chi connectivity index (χ0n) is 11.5. The number of nitrogens with one attached hydrogen (secondary N) is 1. The van der Waals surface area contributed by atoms with Crippen LogP contribution >= 0.6 is 0 Å². The van der Waals surface area contributed by atoms with Crippen LogP contribution in [0.3, 0.4) is 0 Å². The van der Waals surface area contributed by atoms with Crippen LogP contribution in [0.4, 0.5) is 0 Å². The molecule has 0 radical (unpaired) electrons. The summed E-state index contributed by atoms with van der Waals surface area (Å²) in [4.78, 5) is 11.3. The smallest absolute Gasteiger partial charge is 0.243 e. The minimum atomic E-state index is -0.427. The largest absolute Gasteiger partial charge is 0.348 e. The molecule has 0 rings (SSSR count). The van der Waals surface area contributed by atoms with Crippen molar-refractivity contribution in [2.24, 2.45) is 0 Å². The Morgan fingerprint density at radius 1 is 1.24 bits per heavy atom. The Kier molecular flexibility index (Phi) is 7.83. The Labute approximate surface area is 104 Å². The van der Waals surface area contributed by atoms with E-state index < -0.39 is 6.29 Å². The van der Waals surface area contributed by atoms with E-state index in [1.165, 1.54) is 6.08 Å². The number of hydrogen-bond acceptors (Lipinski definition) is 3. The summed E-state index contributed by atoms with van der Waals surface area (Å²) in [6.45, 7) is 13.2. The molecule has 4 heteroatoms. The van der Waals surface area contributed by atoms with E-state index in [-0.39, 0.29) is 24.2 Å². The summed E-state index contributed by atoms with van der Waals surface area (Å²) in [6.07, 6.45) is 1.67. The topological polar surface area (TPSA) is 47.6 Å². The van der Waals surface area contributed by atoms with Gasteiger partial charge in [0.2, 0.25) is 5.91 Å². The van der Waals surface area contributed by atoms with Gasteiger partial charge in [-0.25, -0.2) is 0 Å². The van der Waals surface area contributed by atoms with Crippen LogP contribution in [0.25, 0.3) is 0 Å². The van der Waals surface area contributed by atoms with Crippen molar-refractivity contribution in [2.75, 3.05) is 0 Å². The number of carbonyl (C=O) groups excluding carboxylic acids is 1. The summed E-state index contributed by atoms with van der Waals surface area (Å²) in [6, 6.07) is -0.162. The molecule has 0 aromatic rings. The predicted octanol–water partition coefficient (Wildman–Crippen LogP) is 2.24. The van der Waals surface area contributed by atoms with Crippen molar-refractivity contribution in [2.45, 2.75) is 65.6 Å². The maximum Gasteiger partial charge on any atom is 0.243 e. The number of amides is 1. The number of carbonyl (C=O) groups is 1. The van der Waals surface area contributed by atoms with Crippen molar-refractivity contribution in [3.63, 3.8) is 0 Å². The standard InChI is InChI=1S/C13H25NO3/c1-7-11(14-12(15)8-2)13(16-9(3)4)17-10(5)6/h8-11,13H,2,7H2,1,3-6H3,(H,14,15). The lowest BCUT2D eigenvalue weighted by Crippen LogP contribution is -2.46. The molecule has 1 atom stereocenters. The maximum atomic E-state index is 11.3. The quantitative estimate of drug-likeness (QED) is 0.525. The lowest BCUT2D eigenvalue weighted by Gasteiger charge is -2.30. The molecule has 0 aliphatic heterocycles. The summed E-state index contributed by atoms with van der Waals surface area (Å²) >= 11 is 0. The fourth-order valence-corrected chi connectivity index (χ4v) is 1.36. The average molecular weight is 243 g/mol. The molecule has 0 fully saturated rings. The van der Waals surface area contributed by atoms with Crippen LogP contribution in [0, 0.1) is 0 Å². The van der Waals surface area contributed by atoms with Crippen LogP contribution in [0.2, 0.25) is 0 Å². The number of ether oxygens (including phenoxy) is 2. The molecule has 0 heterocycles. The van der Waals surface area contributed by atoms with E-state index >= 15 is 0 Å². The summed E-state index contributed by atoms with van der Waals surface area (Å²) in [5.74, 6) is -0.207.